The van der Waals surface area contributed by atoms with E-state index in [2.05, 4.69) is 36.2 Å². The average molecular weight is 581 g/mol. The number of barbiturate groups is 1. The Kier molecular flexibility index (Phi) is 8.41. The number of hydrogen-bond donors (Lipinski definition) is 1. The molecule has 42 heavy (non-hydrogen) atoms. The number of ether oxygens (including phenoxy) is 2. The Balaban J connectivity index is 1.49. The zero-order valence-electron chi connectivity index (χ0n) is 23.3. The zero-order valence-corrected chi connectivity index (χ0v) is 24.0. The molecule has 0 atom stereocenters. The number of carbonyl (C=O) groups excluding carboxylic acids is 3. The van der Waals surface area contributed by atoms with Crippen molar-refractivity contribution in [2.24, 2.45) is 0 Å². The van der Waals surface area contributed by atoms with Crippen molar-refractivity contribution in [2.75, 3.05) is 11.5 Å². The van der Waals surface area contributed by atoms with Crippen molar-refractivity contribution >= 4 is 52.0 Å². The summed E-state index contributed by atoms with van der Waals surface area (Å²) in [5.41, 5.74) is 3.14. The number of allylic oxidation sites excluding steroid dienone is 1. The molecule has 0 saturated carbocycles. The number of halogens is 1. The molecule has 1 heterocycles. The second-order valence-corrected chi connectivity index (χ2v) is 10.2. The number of nitrogens with one attached hydrogen (secondary N) is 1. The van der Waals surface area contributed by atoms with Gasteiger partial charge < -0.3 is 9.47 Å². The maximum absolute atomic E-state index is 13.4. The van der Waals surface area contributed by atoms with Gasteiger partial charge in [-0.2, -0.15) is 0 Å². The number of aryl methyl sites for hydroxylation is 1. The van der Waals surface area contributed by atoms with Gasteiger partial charge in [0, 0.05) is 10.6 Å². The Morgan fingerprint density at radius 3 is 2.48 bits per heavy atom. The molecular weight excluding hydrogens is 552 g/mol. The van der Waals surface area contributed by atoms with E-state index in [4.69, 9.17) is 21.1 Å². The molecule has 7 nitrogen and oxygen atoms in total. The first-order chi connectivity index (χ1) is 20.3. The van der Waals surface area contributed by atoms with Gasteiger partial charge in [0.2, 0.25) is 0 Å². The minimum absolute atomic E-state index is 0.205. The van der Waals surface area contributed by atoms with E-state index in [0.29, 0.717) is 41.7 Å². The predicted octanol–water partition coefficient (Wildman–Crippen LogP) is 7.17. The number of amides is 4. The maximum atomic E-state index is 13.4. The Bertz CT molecular complexity index is 1760. The van der Waals surface area contributed by atoms with Gasteiger partial charge in [0.25, 0.3) is 11.8 Å². The molecule has 4 amide bonds. The number of hydrogen-bond acceptors (Lipinski definition) is 5. The van der Waals surface area contributed by atoms with Crippen molar-refractivity contribution in [2.45, 2.75) is 26.9 Å². The van der Waals surface area contributed by atoms with Crippen LogP contribution in [0.4, 0.5) is 10.5 Å². The third kappa shape index (κ3) is 5.92. The molecule has 212 valence electrons. The molecule has 1 aliphatic rings. The van der Waals surface area contributed by atoms with E-state index in [9.17, 15) is 14.4 Å². The highest BCUT2D eigenvalue weighted by Gasteiger charge is 2.37. The molecule has 0 aliphatic carbocycles. The molecule has 0 spiro atoms. The minimum Gasteiger partial charge on any atom is -0.490 e. The number of imide groups is 2. The molecule has 0 aromatic heterocycles. The number of benzene rings is 4. The predicted molar refractivity (Wildman–Crippen MR) is 165 cm³/mol. The summed E-state index contributed by atoms with van der Waals surface area (Å²) in [4.78, 5) is 39.8. The van der Waals surface area contributed by atoms with E-state index < -0.39 is 17.8 Å². The zero-order chi connectivity index (χ0) is 29.8. The number of carbonyl (C=O) groups is 3. The van der Waals surface area contributed by atoms with Crippen molar-refractivity contribution < 1.29 is 23.9 Å². The Morgan fingerprint density at radius 2 is 1.74 bits per heavy atom. The summed E-state index contributed by atoms with van der Waals surface area (Å²) in [6.45, 7) is 8.23. The summed E-state index contributed by atoms with van der Waals surface area (Å²) in [5.74, 6) is -0.535. The summed E-state index contributed by atoms with van der Waals surface area (Å²) in [6.07, 6.45) is 3.64. The summed E-state index contributed by atoms with van der Waals surface area (Å²) >= 11 is 6.24. The molecule has 1 N–H and O–H groups in total. The lowest BCUT2D eigenvalue weighted by molar-refractivity contribution is -0.122. The lowest BCUT2D eigenvalue weighted by Gasteiger charge is -2.26. The highest BCUT2D eigenvalue weighted by Crippen LogP contribution is 2.36. The van der Waals surface area contributed by atoms with E-state index in [-0.39, 0.29) is 11.3 Å². The van der Waals surface area contributed by atoms with Crippen LogP contribution in [0.3, 0.4) is 0 Å². The monoisotopic (exact) mass is 580 g/mol. The third-order valence-corrected chi connectivity index (χ3v) is 7.25. The summed E-state index contributed by atoms with van der Waals surface area (Å²) in [6, 6.07) is 21.8. The molecule has 0 radical (unpaired) electrons. The van der Waals surface area contributed by atoms with Gasteiger partial charge in [-0.3, -0.25) is 14.9 Å². The fourth-order valence-electron chi connectivity index (χ4n) is 4.76. The van der Waals surface area contributed by atoms with Crippen molar-refractivity contribution in [1.29, 1.82) is 0 Å². The normalized spacial score (nSPS) is 14.3. The first kappa shape index (κ1) is 28.6. The van der Waals surface area contributed by atoms with Crippen molar-refractivity contribution in [3.05, 3.63) is 118 Å². The van der Waals surface area contributed by atoms with Crippen LogP contribution in [0.25, 0.3) is 16.8 Å². The van der Waals surface area contributed by atoms with Crippen LogP contribution in [0, 0.1) is 6.92 Å². The van der Waals surface area contributed by atoms with Crippen LogP contribution in [0.5, 0.6) is 11.5 Å². The molecule has 5 rings (SSSR count). The standard InChI is InChI=1S/C34H29ClN2O5/c1-4-8-26-16-23(17-28-32(38)36-34(40)37(33(28)39)27-14-11-21(3)29(35)19-27)18-30(41-5-2)31(26)42-20-22-12-13-24-9-6-7-10-25(24)15-22/h4,6-7,9-19H,1,5,8,20H2,2-3H3,(H,36,38,40)/b28-17-. The van der Waals surface area contributed by atoms with E-state index in [1.807, 2.05) is 38.1 Å². The summed E-state index contributed by atoms with van der Waals surface area (Å²) < 4.78 is 12.2. The van der Waals surface area contributed by atoms with E-state index in [0.717, 1.165) is 32.4 Å². The molecular formula is C34H29ClN2O5. The maximum Gasteiger partial charge on any atom is 0.335 e. The van der Waals surface area contributed by atoms with Gasteiger partial charge in [-0.1, -0.05) is 60.1 Å². The molecule has 1 fully saturated rings. The minimum atomic E-state index is -0.846. The Labute approximate surface area is 249 Å². The lowest BCUT2D eigenvalue weighted by atomic mass is 10.0. The summed E-state index contributed by atoms with van der Waals surface area (Å²) in [5, 5.41) is 4.91. The van der Waals surface area contributed by atoms with E-state index in [1.54, 1.807) is 24.3 Å². The molecule has 0 unspecified atom stereocenters. The van der Waals surface area contributed by atoms with E-state index in [1.165, 1.54) is 12.1 Å². The molecule has 4 aromatic rings. The van der Waals surface area contributed by atoms with Crippen LogP contribution in [0.1, 0.15) is 29.2 Å². The number of fused-ring (bicyclic) bond motifs is 1. The average Bonchev–Trinajstić information content (AvgIpc) is 2.97. The third-order valence-electron chi connectivity index (χ3n) is 6.84. The van der Waals surface area contributed by atoms with Crippen molar-refractivity contribution in [1.82, 2.24) is 5.32 Å². The molecule has 0 bridgehead atoms. The summed E-state index contributed by atoms with van der Waals surface area (Å²) in [7, 11) is 0. The van der Waals surface area contributed by atoms with Crippen LogP contribution in [0.15, 0.2) is 91.0 Å². The largest absolute Gasteiger partial charge is 0.490 e. The highest BCUT2D eigenvalue weighted by atomic mass is 35.5. The van der Waals surface area contributed by atoms with Crippen molar-refractivity contribution in [3.63, 3.8) is 0 Å². The second kappa shape index (κ2) is 12.3. The first-order valence-electron chi connectivity index (χ1n) is 13.5. The number of nitrogens with zero attached hydrogens (tertiary/aromatic N) is 1. The lowest BCUT2D eigenvalue weighted by Crippen LogP contribution is -2.54. The molecule has 4 aromatic carbocycles. The van der Waals surface area contributed by atoms with Crippen LogP contribution >= 0.6 is 11.6 Å². The van der Waals surface area contributed by atoms with Crippen LogP contribution in [-0.4, -0.2) is 24.5 Å². The van der Waals surface area contributed by atoms with Crippen LogP contribution < -0.4 is 19.7 Å². The van der Waals surface area contributed by atoms with Gasteiger partial charge >= 0.3 is 6.03 Å². The highest BCUT2D eigenvalue weighted by molar-refractivity contribution is 6.39. The van der Waals surface area contributed by atoms with E-state index >= 15 is 0 Å². The van der Waals surface area contributed by atoms with Gasteiger partial charge in [-0.25, -0.2) is 9.69 Å². The molecule has 1 aliphatic heterocycles. The van der Waals surface area contributed by atoms with Gasteiger partial charge in [0.1, 0.15) is 12.2 Å². The molecule has 1 saturated heterocycles. The van der Waals surface area contributed by atoms with Crippen molar-refractivity contribution in [3.8, 4) is 11.5 Å². The smallest absolute Gasteiger partial charge is 0.335 e. The van der Waals surface area contributed by atoms with Gasteiger partial charge in [0.15, 0.2) is 11.5 Å². The van der Waals surface area contributed by atoms with Crippen LogP contribution in [-0.2, 0) is 22.6 Å². The Hall–Kier alpha value is -4.88. The van der Waals surface area contributed by atoms with Crippen LogP contribution in [0.2, 0.25) is 5.02 Å². The second-order valence-electron chi connectivity index (χ2n) is 9.79. The Morgan fingerprint density at radius 1 is 0.952 bits per heavy atom. The number of rotatable bonds is 9. The number of anilines is 1. The fourth-order valence-corrected chi connectivity index (χ4v) is 4.94. The van der Waals surface area contributed by atoms with Gasteiger partial charge in [-0.15, -0.1) is 6.58 Å². The fraction of sp³-hybridized carbons (Fsp3) is 0.147. The quantitative estimate of drug-likeness (QED) is 0.129. The van der Waals surface area contributed by atoms with Gasteiger partial charge in [-0.05, 0) is 84.1 Å². The first-order valence-corrected chi connectivity index (χ1v) is 13.9. The molecule has 8 heteroatoms. The topological polar surface area (TPSA) is 84.9 Å². The SMILES string of the molecule is C=CCc1cc(/C=C2/C(=O)NC(=O)N(c3ccc(C)c(Cl)c3)C2=O)cc(OCC)c1OCc1ccc2ccccc2c1. The number of urea groups is 1. The van der Waals surface area contributed by atoms with Gasteiger partial charge in [0.05, 0.1) is 12.3 Å².